The van der Waals surface area contributed by atoms with Crippen LogP contribution >= 0.6 is 35.0 Å². The van der Waals surface area contributed by atoms with Crippen molar-refractivity contribution >= 4 is 80.6 Å². The highest BCUT2D eigenvalue weighted by atomic mass is 35.5. The third-order valence-corrected chi connectivity index (χ3v) is 5.89. The van der Waals surface area contributed by atoms with E-state index in [1.165, 1.54) is 18.0 Å². The maximum absolute atomic E-state index is 12.4. The lowest BCUT2D eigenvalue weighted by molar-refractivity contribution is -0.192. The largest absolute Gasteiger partial charge is 0.490 e. The summed E-state index contributed by atoms with van der Waals surface area (Å²) in [6.07, 6.45) is -1.85. The molecule has 1 aromatic heterocycles. The van der Waals surface area contributed by atoms with Gasteiger partial charge in [-0.25, -0.2) is 9.79 Å². The molecule has 2 heterocycles. The van der Waals surface area contributed by atoms with Crippen molar-refractivity contribution in [3.8, 4) is 0 Å². The lowest BCUT2D eigenvalue weighted by atomic mass is 10.1. The number of thioether (sulfide) groups is 1. The number of hydrogen-bond acceptors (Lipinski definition) is 6. The van der Waals surface area contributed by atoms with Crippen molar-refractivity contribution in [1.29, 1.82) is 0 Å². The normalized spacial score (nSPS) is 15.5. The first-order valence-electron chi connectivity index (χ1n) is 9.59. The monoisotopic (exact) mass is 556 g/mol. The average molecular weight is 557 g/mol. The second-order valence-electron chi connectivity index (χ2n) is 6.85. The molecule has 0 radical (unpaired) electrons. The van der Waals surface area contributed by atoms with Crippen molar-refractivity contribution in [3.63, 3.8) is 0 Å². The number of halogens is 5. The molecular weight excluding hydrogens is 544 g/mol. The van der Waals surface area contributed by atoms with Crippen molar-refractivity contribution < 1.29 is 32.7 Å². The van der Waals surface area contributed by atoms with Crippen LogP contribution in [0.4, 0.5) is 18.9 Å². The van der Waals surface area contributed by atoms with Crippen molar-refractivity contribution in [2.45, 2.75) is 6.18 Å². The van der Waals surface area contributed by atoms with Crippen LogP contribution < -0.4 is 11.1 Å². The van der Waals surface area contributed by atoms with Gasteiger partial charge in [-0.1, -0.05) is 35.3 Å². The molecule has 2 aromatic carbocycles. The fourth-order valence-corrected chi connectivity index (χ4v) is 4.11. The number of aromatic nitrogens is 1. The van der Waals surface area contributed by atoms with Gasteiger partial charge in [0.15, 0.2) is 5.17 Å². The van der Waals surface area contributed by atoms with E-state index in [1.54, 1.807) is 48.5 Å². The van der Waals surface area contributed by atoms with Gasteiger partial charge < -0.3 is 16.2 Å². The maximum Gasteiger partial charge on any atom is 0.490 e. The molecule has 4 rings (SSSR count). The highest BCUT2D eigenvalue weighted by Gasteiger charge is 2.38. The van der Waals surface area contributed by atoms with Gasteiger partial charge in [-0.2, -0.15) is 13.2 Å². The number of aliphatic carboxylic acids is 1. The van der Waals surface area contributed by atoms with Gasteiger partial charge in [0.2, 0.25) is 5.91 Å². The molecular formula is C22H13Cl2F3N4O4S. The Kier molecular flexibility index (Phi) is 8.23. The van der Waals surface area contributed by atoms with Crippen LogP contribution in [0.1, 0.15) is 15.9 Å². The van der Waals surface area contributed by atoms with Gasteiger partial charge in [0.1, 0.15) is 5.69 Å². The molecule has 0 aliphatic carbocycles. The summed E-state index contributed by atoms with van der Waals surface area (Å²) in [5.41, 5.74) is 7.57. The van der Waals surface area contributed by atoms with Crippen LogP contribution in [-0.2, 0) is 9.59 Å². The van der Waals surface area contributed by atoms with E-state index in [2.05, 4.69) is 15.3 Å². The first-order chi connectivity index (χ1) is 16.9. The first kappa shape index (κ1) is 27.0. The predicted octanol–water partition coefficient (Wildman–Crippen LogP) is 5.17. The van der Waals surface area contributed by atoms with Crippen LogP contribution in [0.5, 0.6) is 0 Å². The maximum atomic E-state index is 12.4. The number of benzene rings is 2. The van der Waals surface area contributed by atoms with Crippen LogP contribution in [0.2, 0.25) is 10.0 Å². The molecule has 0 saturated carbocycles. The Labute approximate surface area is 215 Å². The minimum absolute atomic E-state index is 0.293. The number of para-hydroxylation sites is 1. The second kappa shape index (κ2) is 11.0. The third-order valence-electron chi connectivity index (χ3n) is 4.37. The van der Waals surface area contributed by atoms with Crippen LogP contribution in [0.25, 0.3) is 17.0 Å². The Bertz CT molecular complexity index is 1420. The number of nitrogens with zero attached hydrogens (tertiary/aromatic N) is 2. The minimum Gasteiger partial charge on any atom is -0.475 e. The minimum atomic E-state index is -5.08. The van der Waals surface area contributed by atoms with Crippen LogP contribution in [0.3, 0.4) is 0 Å². The third kappa shape index (κ3) is 6.53. The number of aliphatic imine (C=N–C) groups is 1. The zero-order chi connectivity index (χ0) is 26.6. The molecule has 4 N–H and O–H groups in total. The van der Waals surface area contributed by atoms with Gasteiger partial charge in [0.05, 0.1) is 26.0 Å². The van der Waals surface area contributed by atoms with Crippen LogP contribution in [0, 0.1) is 0 Å². The Morgan fingerprint density at radius 3 is 2.36 bits per heavy atom. The van der Waals surface area contributed by atoms with Gasteiger partial charge >= 0.3 is 12.1 Å². The number of amidine groups is 1. The molecule has 2 amide bonds. The van der Waals surface area contributed by atoms with E-state index < -0.39 is 18.1 Å². The quantitative estimate of drug-likeness (QED) is 0.381. The smallest absolute Gasteiger partial charge is 0.475 e. The van der Waals surface area contributed by atoms with Gasteiger partial charge in [-0.15, -0.1) is 0 Å². The molecule has 14 heteroatoms. The highest BCUT2D eigenvalue weighted by Crippen LogP contribution is 2.35. The molecule has 186 valence electrons. The van der Waals surface area contributed by atoms with Gasteiger partial charge in [0, 0.05) is 11.6 Å². The Hall–Kier alpha value is -3.61. The molecule has 0 unspecified atom stereocenters. The van der Waals surface area contributed by atoms with Crippen molar-refractivity contribution in [2.24, 2.45) is 10.7 Å². The number of rotatable bonds is 3. The average Bonchev–Trinajstić information content (AvgIpc) is 3.14. The Balaban J connectivity index is 0.000000454. The molecule has 3 aromatic rings. The SMILES string of the molecule is NC(=O)c1ccnc2ccc(/C=C3/SC(=Nc4c(Cl)cccc4Cl)NC3=O)cc12.O=C(O)C(F)(F)F. The van der Waals surface area contributed by atoms with E-state index in [0.717, 1.165) is 5.56 Å². The fourth-order valence-electron chi connectivity index (χ4n) is 2.80. The van der Waals surface area contributed by atoms with E-state index in [-0.39, 0.29) is 5.91 Å². The number of fused-ring (bicyclic) bond motifs is 1. The number of carboxylic acids is 1. The molecule has 1 fully saturated rings. The number of amides is 2. The van der Waals surface area contributed by atoms with E-state index in [0.29, 0.717) is 42.3 Å². The number of hydrogen-bond donors (Lipinski definition) is 3. The molecule has 0 atom stereocenters. The van der Waals surface area contributed by atoms with Crippen LogP contribution in [0.15, 0.2) is 58.6 Å². The first-order valence-corrected chi connectivity index (χ1v) is 11.2. The number of nitrogens with one attached hydrogen (secondary N) is 1. The lowest BCUT2D eigenvalue weighted by Crippen LogP contribution is -2.21. The summed E-state index contributed by atoms with van der Waals surface area (Å²) in [4.78, 5) is 41.9. The van der Waals surface area contributed by atoms with E-state index >= 15 is 0 Å². The van der Waals surface area contributed by atoms with E-state index in [4.69, 9.17) is 38.8 Å². The van der Waals surface area contributed by atoms with Crippen molar-refractivity contribution in [3.05, 3.63) is 74.7 Å². The number of primary amides is 1. The fraction of sp³-hybridized carbons (Fsp3) is 0.0455. The highest BCUT2D eigenvalue weighted by molar-refractivity contribution is 8.18. The number of carboxylic acid groups (broad SMARTS) is 1. The number of carbonyl (C=O) groups is 3. The summed E-state index contributed by atoms with van der Waals surface area (Å²) in [7, 11) is 0. The predicted molar refractivity (Wildman–Crippen MR) is 131 cm³/mol. The molecule has 0 bridgehead atoms. The Morgan fingerprint density at radius 1 is 1.14 bits per heavy atom. The van der Waals surface area contributed by atoms with Crippen molar-refractivity contribution in [2.75, 3.05) is 0 Å². The number of carbonyl (C=O) groups excluding carboxylic acids is 2. The molecule has 0 spiro atoms. The van der Waals surface area contributed by atoms with Gasteiger partial charge in [-0.3, -0.25) is 14.6 Å². The second-order valence-corrected chi connectivity index (χ2v) is 8.70. The molecule has 1 aliphatic rings. The number of pyridine rings is 1. The summed E-state index contributed by atoms with van der Waals surface area (Å²) in [5.74, 6) is -3.59. The lowest BCUT2D eigenvalue weighted by Gasteiger charge is -2.04. The summed E-state index contributed by atoms with van der Waals surface area (Å²) < 4.78 is 31.7. The van der Waals surface area contributed by atoms with Crippen molar-refractivity contribution in [1.82, 2.24) is 10.3 Å². The number of alkyl halides is 3. The summed E-state index contributed by atoms with van der Waals surface area (Å²) in [5, 5.41) is 11.6. The Morgan fingerprint density at radius 2 is 1.78 bits per heavy atom. The van der Waals surface area contributed by atoms with E-state index in [1.807, 2.05) is 0 Å². The molecule has 1 aliphatic heterocycles. The molecule has 36 heavy (non-hydrogen) atoms. The summed E-state index contributed by atoms with van der Waals surface area (Å²) in [6.45, 7) is 0. The standard InChI is InChI=1S/C20H12Cl2N4O2S.C2HF3O2/c21-13-2-1-3-14(22)17(13)25-20-26-19(28)16(29-20)9-10-4-5-15-12(8-10)11(18(23)27)6-7-24-15;3-2(4,5)1(6)7/h1-9H,(H2,23,27)(H,25,26,28);(H,6,7)/b16-9+;. The zero-order valence-electron chi connectivity index (χ0n) is 17.6. The molecule has 8 nitrogen and oxygen atoms in total. The summed E-state index contributed by atoms with van der Waals surface area (Å²) >= 11 is 13.4. The van der Waals surface area contributed by atoms with Crippen LogP contribution in [-0.4, -0.2) is 39.2 Å². The van der Waals surface area contributed by atoms with E-state index in [9.17, 15) is 22.8 Å². The van der Waals surface area contributed by atoms with Gasteiger partial charge in [-0.05, 0) is 53.7 Å². The zero-order valence-corrected chi connectivity index (χ0v) is 20.0. The topological polar surface area (TPSA) is 135 Å². The van der Waals surface area contributed by atoms with Gasteiger partial charge in [0.25, 0.3) is 5.91 Å². The molecule has 1 saturated heterocycles. The summed E-state index contributed by atoms with van der Waals surface area (Å²) in [6, 6.07) is 12.0. The number of nitrogens with two attached hydrogens (primary N) is 1.